The smallest absolute Gasteiger partial charge is 0.275 e. The lowest BCUT2D eigenvalue weighted by Gasteiger charge is -2.21. The van der Waals surface area contributed by atoms with Crippen LogP contribution in [0.15, 0.2) is 24.3 Å². The molecule has 0 saturated carbocycles. The van der Waals surface area contributed by atoms with Crippen molar-refractivity contribution in [1.82, 2.24) is 14.7 Å². The van der Waals surface area contributed by atoms with Crippen molar-refractivity contribution < 1.29 is 9.18 Å². The minimum atomic E-state index is -0.257. The number of aromatic nitrogens is 2. The van der Waals surface area contributed by atoms with Crippen molar-refractivity contribution in [2.45, 2.75) is 57.0 Å². The van der Waals surface area contributed by atoms with Gasteiger partial charge in [0.05, 0.1) is 5.69 Å². The molecule has 0 unspecified atom stereocenters. The predicted octanol–water partition coefficient (Wildman–Crippen LogP) is 3.27. The second-order valence-corrected chi connectivity index (χ2v) is 7.19. The molecule has 2 saturated heterocycles. The van der Waals surface area contributed by atoms with Gasteiger partial charge in [-0.05, 0) is 69.2 Å². The van der Waals surface area contributed by atoms with Crippen LogP contribution < -0.4 is 0 Å². The third-order valence-electron chi connectivity index (χ3n) is 5.89. The van der Waals surface area contributed by atoms with E-state index in [1.165, 1.54) is 12.1 Å². The Balaban J connectivity index is 1.57. The van der Waals surface area contributed by atoms with Crippen LogP contribution in [0.3, 0.4) is 0 Å². The molecule has 2 fully saturated rings. The van der Waals surface area contributed by atoms with Gasteiger partial charge >= 0.3 is 0 Å². The number of nitrogens with zero attached hydrogens (tertiary/aromatic N) is 3. The molecule has 1 aromatic heterocycles. The van der Waals surface area contributed by atoms with Crippen LogP contribution >= 0.6 is 0 Å². The van der Waals surface area contributed by atoms with E-state index in [9.17, 15) is 9.18 Å². The number of carbonyl (C=O) groups is 1. The maximum absolute atomic E-state index is 13.2. The van der Waals surface area contributed by atoms with E-state index < -0.39 is 0 Å². The summed E-state index contributed by atoms with van der Waals surface area (Å²) in [5, 5.41) is 4.68. The number of rotatable bonds is 2. The van der Waals surface area contributed by atoms with Gasteiger partial charge in [-0.25, -0.2) is 9.07 Å². The van der Waals surface area contributed by atoms with Crippen molar-refractivity contribution in [2.75, 3.05) is 0 Å². The van der Waals surface area contributed by atoms with Crippen LogP contribution in [0.1, 0.15) is 53.8 Å². The first-order valence-electron chi connectivity index (χ1n) is 8.92. The highest BCUT2D eigenvalue weighted by Gasteiger charge is 2.44. The Bertz CT molecular complexity index is 791. The van der Waals surface area contributed by atoms with Gasteiger partial charge in [0.15, 0.2) is 5.69 Å². The zero-order chi connectivity index (χ0) is 16.3. The second kappa shape index (κ2) is 5.16. The molecule has 24 heavy (non-hydrogen) atoms. The van der Waals surface area contributed by atoms with Gasteiger partial charge in [-0.3, -0.25) is 4.79 Å². The fraction of sp³-hybridized carbons (Fsp3) is 0.474. The molecular weight excluding hydrogens is 305 g/mol. The molecule has 0 radical (unpaired) electrons. The van der Waals surface area contributed by atoms with Crippen LogP contribution in [-0.4, -0.2) is 32.7 Å². The highest BCUT2D eigenvalue weighted by atomic mass is 19.1. The molecule has 5 rings (SSSR count). The summed E-state index contributed by atoms with van der Waals surface area (Å²) in [5.74, 6) is -0.147. The summed E-state index contributed by atoms with van der Waals surface area (Å²) in [6.07, 6.45) is 7.45. The summed E-state index contributed by atoms with van der Waals surface area (Å²) in [4.78, 5) is 15.2. The van der Waals surface area contributed by atoms with E-state index >= 15 is 0 Å². The molecule has 1 aliphatic carbocycles. The van der Waals surface area contributed by atoms with Gasteiger partial charge in [-0.15, -0.1) is 0 Å². The van der Waals surface area contributed by atoms with Crippen molar-refractivity contribution >= 4 is 5.91 Å². The third-order valence-corrected chi connectivity index (χ3v) is 5.89. The van der Waals surface area contributed by atoms with Crippen LogP contribution in [0, 0.1) is 5.82 Å². The summed E-state index contributed by atoms with van der Waals surface area (Å²) < 4.78 is 15.1. The number of hydrogen-bond acceptors (Lipinski definition) is 2. The van der Waals surface area contributed by atoms with Crippen molar-refractivity contribution in [1.29, 1.82) is 0 Å². The predicted molar refractivity (Wildman–Crippen MR) is 87.8 cm³/mol. The third kappa shape index (κ3) is 1.96. The molecule has 124 valence electrons. The van der Waals surface area contributed by atoms with Gasteiger partial charge in [0.25, 0.3) is 5.91 Å². The molecule has 1 aromatic carbocycles. The Morgan fingerprint density at radius 2 is 1.71 bits per heavy atom. The zero-order valence-electron chi connectivity index (χ0n) is 13.5. The highest BCUT2D eigenvalue weighted by Crippen LogP contribution is 2.39. The monoisotopic (exact) mass is 325 g/mol. The Labute approximate surface area is 140 Å². The first-order chi connectivity index (χ1) is 11.7. The zero-order valence-corrected chi connectivity index (χ0v) is 13.5. The average molecular weight is 325 g/mol. The lowest BCUT2D eigenvalue weighted by atomic mass is 10.0. The maximum Gasteiger partial charge on any atom is 0.275 e. The summed E-state index contributed by atoms with van der Waals surface area (Å²) >= 11 is 0. The first kappa shape index (κ1) is 14.2. The van der Waals surface area contributed by atoms with Gasteiger partial charge in [0, 0.05) is 23.3 Å². The largest absolute Gasteiger partial charge is 0.331 e. The molecule has 5 heteroatoms. The Hall–Kier alpha value is -2.17. The minimum absolute atomic E-state index is 0.110. The van der Waals surface area contributed by atoms with E-state index in [2.05, 4.69) is 10.00 Å². The average Bonchev–Trinajstić information content (AvgIpc) is 3.35. The number of halogens is 1. The Morgan fingerprint density at radius 1 is 1.04 bits per heavy atom. The quantitative estimate of drug-likeness (QED) is 0.850. The van der Waals surface area contributed by atoms with E-state index in [4.69, 9.17) is 0 Å². The summed E-state index contributed by atoms with van der Waals surface area (Å²) in [7, 11) is 0. The van der Waals surface area contributed by atoms with Gasteiger partial charge < -0.3 is 4.90 Å². The molecule has 3 heterocycles. The van der Waals surface area contributed by atoms with Crippen LogP contribution in [0.4, 0.5) is 4.39 Å². The van der Waals surface area contributed by atoms with Gasteiger partial charge in [-0.1, -0.05) is 0 Å². The van der Waals surface area contributed by atoms with Crippen molar-refractivity contribution in [3.8, 4) is 5.69 Å². The minimum Gasteiger partial charge on any atom is -0.331 e. The molecule has 2 bridgehead atoms. The standard InChI is InChI=1S/C19H20FN3O/c20-12-4-6-15(7-5-12)23-17-3-1-2-16(17)18(21-23)19(24)22-13-8-9-14(22)11-10-13/h4-7,13-14H,1-3,8-11H2. The van der Waals surface area contributed by atoms with E-state index in [0.717, 1.165) is 61.9 Å². The van der Waals surface area contributed by atoms with Crippen LogP contribution in [0.25, 0.3) is 5.69 Å². The van der Waals surface area contributed by atoms with Crippen molar-refractivity contribution in [3.05, 3.63) is 47.0 Å². The highest BCUT2D eigenvalue weighted by molar-refractivity contribution is 5.95. The van der Waals surface area contributed by atoms with Crippen LogP contribution in [-0.2, 0) is 12.8 Å². The number of fused-ring (bicyclic) bond motifs is 3. The summed E-state index contributed by atoms with van der Waals surface area (Å²) in [5.41, 5.74) is 3.69. The lowest BCUT2D eigenvalue weighted by molar-refractivity contribution is 0.0722. The molecule has 4 nitrogen and oxygen atoms in total. The fourth-order valence-corrected chi connectivity index (χ4v) is 4.77. The number of benzene rings is 1. The van der Waals surface area contributed by atoms with E-state index in [-0.39, 0.29) is 11.7 Å². The SMILES string of the molecule is O=C(c1nn(-c2ccc(F)cc2)c2c1CCC2)N1C2CCC1CC2. The first-order valence-corrected chi connectivity index (χ1v) is 8.92. The normalized spacial score (nSPS) is 24.6. The van der Waals surface area contributed by atoms with E-state index in [1.54, 1.807) is 12.1 Å². The van der Waals surface area contributed by atoms with Crippen LogP contribution in [0.5, 0.6) is 0 Å². The lowest BCUT2D eigenvalue weighted by Crippen LogP contribution is -2.35. The maximum atomic E-state index is 13.2. The molecule has 2 aromatic rings. The molecule has 1 amide bonds. The fourth-order valence-electron chi connectivity index (χ4n) is 4.77. The van der Waals surface area contributed by atoms with Crippen LogP contribution in [0.2, 0.25) is 0 Å². The molecule has 0 atom stereocenters. The van der Waals surface area contributed by atoms with Gasteiger partial charge in [0.1, 0.15) is 5.82 Å². The van der Waals surface area contributed by atoms with Gasteiger partial charge in [-0.2, -0.15) is 5.10 Å². The molecule has 3 aliphatic rings. The Morgan fingerprint density at radius 3 is 2.38 bits per heavy atom. The molecular formula is C19H20FN3O. The summed E-state index contributed by atoms with van der Waals surface area (Å²) in [6, 6.07) is 7.18. The number of carbonyl (C=O) groups excluding carboxylic acids is 1. The molecule has 2 aliphatic heterocycles. The topological polar surface area (TPSA) is 38.1 Å². The van der Waals surface area contributed by atoms with E-state index in [0.29, 0.717) is 17.8 Å². The van der Waals surface area contributed by atoms with Crippen molar-refractivity contribution in [2.24, 2.45) is 0 Å². The van der Waals surface area contributed by atoms with E-state index in [1.807, 2.05) is 4.68 Å². The number of amides is 1. The van der Waals surface area contributed by atoms with Crippen molar-refractivity contribution in [3.63, 3.8) is 0 Å². The second-order valence-electron chi connectivity index (χ2n) is 7.19. The van der Waals surface area contributed by atoms with Gasteiger partial charge in [0.2, 0.25) is 0 Å². The summed E-state index contributed by atoms with van der Waals surface area (Å²) in [6.45, 7) is 0. The molecule has 0 N–H and O–H groups in total. The molecule has 0 spiro atoms. The Kier molecular flexibility index (Phi) is 3.05. The number of hydrogen-bond donors (Lipinski definition) is 0.